The summed E-state index contributed by atoms with van der Waals surface area (Å²) >= 11 is 0. The van der Waals surface area contributed by atoms with E-state index >= 15 is 0 Å². The summed E-state index contributed by atoms with van der Waals surface area (Å²) in [6.45, 7) is 5.37. The zero-order chi connectivity index (χ0) is 28.8. The average Bonchev–Trinajstić information content (AvgIpc) is 3.33. The molecular formula is C18H34N6O12P2. The summed E-state index contributed by atoms with van der Waals surface area (Å²) in [6.07, 6.45) is -2.22. The first-order valence-electron chi connectivity index (χ1n) is 11.4. The van der Waals surface area contributed by atoms with Gasteiger partial charge in [0.15, 0.2) is 17.7 Å². The van der Waals surface area contributed by atoms with Crippen molar-refractivity contribution in [1.82, 2.24) is 24.4 Å². The number of hydrogen-bond donors (Lipinski definition) is 8. The summed E-state index contributed by atoms with van der Waals surface area (Å²) in [4.78, 5) is 39.7. The van der Waals surface area contributed by atoms with Crippen LogP contribution in [0, 0.1) is 0 Å². The third kappa shape index (κ3) is 8.96. The second kappa shape index (κ2) is 13.6. The van der Waals surface area contributed by atoms with Crippen molar-refractivity contribution in [3.8, 4) is 0 Å². The van der Waals surface area contributed by atoms with Crippen molar-refractivity contribution in [3.05, 3.63) is 12.7 Å². The van der Waals surface area contributed by atoms with Crippen LogP contribution in [0.2, 0.25) is 0 Å². The van der Waals surface area contributed by atoms with E-state index in [0.29, 0.717) is 0 Å². The van der Waals surface area contributed by atoms with Crippen molar-refractivity contribution in [3.63, 3.8) is 0 Å². The molecule has 0 bridgehead atoms. The largest absolute Gasteiger partial charge is 0.481 e. The Labute approximate surface area is 217 Å². The molecule has 0 saturated carbocycles. The van der Waals surface area contributed by atoms with Crippen LogP contribution in [-0.2, 0) is 22.7 Å². The lowest BCUT2D eigenvalue weighted by molar-refractivity contribution is -0.0842. The van der Waals surface area contributed by atoms with Gasteiger partial charge >= 0.3 is 15.6 Å². The Morgan fingerprint density at radius 1 is 1.13 bits per heavy atom. The van der Waals surface area contributed by atoms with Gasteiger partial charge in [-0.25, -0.2) is 24.1 Å². The molecule has 20 heteroatoms. The Kier molecular flexibility index (Phi) is 11.7. The second-order valence-electron chi connectivity index (χ2n) is 8.32. The number of imidazole rings is 1. The third-order valence-electron chi connectivity index (χ3n) is 5.34. The van der Waals surface area contributed by atoms with E-state index in [-0.39, 0.29) is 17.0 Å². The number of aliphatic hydroxyl groups is 4. The van der Waals surface area contributed by atoms with Crippen molar-refractivity contribution in [2.75, 3.05) is 18.9 Å². The number of fused-ring (bicyclic) bond motifs is 1. The molecule has 218 valence electrons. The molecule has 9 N–H and O–H groups in total. The Balaban J connectivity index is 0.000000391. The van der Waals surface area contributed by atoms with Crippen LogP contribution in [0.15, 0.2) is 12.7 Å². The summed E-state index contributed by atoms with van der Waals surface area (Å²) in [5, 5.41) is 38.6. The molecule has 0 aliphatic carbocycles. The average molecular weight is 588 g/mol. The van der Waals surface area contributed by atoms with Crippen LogP contribution in [0.1, 0.15) is 39.8 Å². The third-order valence-corrected chi connectivity index (χ3v) is 7.49. The molecule has 7 atom stereocenters. The summed E-state index contributed by atoms with van der Waals surface area (Å²) in [7, 11) is -10.4. The zero-order valence-electron chi connectivity index (χ0n) is 20.8. The van der Waals surface area contributed by atoms with E-state index in [4.69, 9.17) is 20.3 Å². The van der Waals surface area contributed by atoms with E-state index in [9.17, 15) is 34.4 Å². The van der Waals surface area contributed by atoms with Crippen LogP contribution in [0.3, 0.4) is 0 Å². The number of ether oxygens (including phenoxy) is 1. The number of hydrogen-bond acceptors (Lipinski definition) is 14. The number of phosphoric ester groups is 1. The molecule has 0 aromatic carbocycles. The van der Waals surface area contributed by atoms with Gasteiger partial charge in [-0.05, 0) is 20.3 Å². The number of unbranched alkanes of at least 4 members (excludes halogenated alkanes) is 1. The topological polar surface area (TPSA) is 276 Å². The van der Waals surface area contributed by atoms with Gasteiger partial charge in [0.05, 0.1) is 12.9 Å². The van der Waals surface area contributed by atoms with Crippen LogP contribution >= 0.6 is 15.6 Å². The molecule has 1 aliphatic heterocycles. The maximum absolute atomic E-state index is 11.5. The van der Waals surface area contributed by atoms with Gasteiger partial charge in [-0.3, -0.25) is 14.0 Å². The Hall–Kier alpha value is -1.63. The lowest BCUT2D eigenvalue weighted by atomic mass is 10.1. The minimum absolute atomic E-state index is 0.0856. The number of anilines is 1. The first-order valence-corrected chi connectivity index (χ1v) is 14.4. The molecule has 1 saturated heterocycles. The molecule has 0 radical (unpaired) electrons. The Morgan fingerprint density at radius 3 is 2.32 bits per heavy atom. The molecule has 3 rings (SSSR count). The van der Waals surface area contributed by atoms with Crippen LogP contribution in [0.4, 0.5) is 5.82 Å². The molecule has 2 aromatic rings. The first kappa shape index (κ1) is 32.6. The van der Waals surface area contributed by atoms with Crippen molar-refractivity contribution >= 4 is 32.6 Å². The standard InChI is InChI=1S/C10H15N5O10P2.C8H19NO2/c11-8-5-9(13-2-12-8)15(3-14-5)10-7(17)6(16)4(24-10)1-23-27(21,22)25-26(18,19)20;1-4-5-6-9(7(2)10)8(3)11/h2-4,6-7,10,16-17H,1H2,(H,21,22)(H2,11,12,13)(H2,18,19,20);7-8,10-11H,4-6H2,1-3H3/t4-,6?,7?,10-;/m1./s1. The normalized spacial score (nSPS) is 25.1. The zero-order valence-corrected chi connectivity index (χ0v) is 22.6. The van der Waals surface area contributed by atoms with Crippen molar-refractivity contribution < 1.29 is 57.8 Å². The number of nitrogens with two attached hydrogens (primary N) is 1. The van der Waals surface area contributed by atoms with Crippen LogP contribution < -0.4 is 5.73 Å². The Morgan fingerprint density at radius 2 is 1.76 bits per heavy atom. The highest BCUT2D eigenvalue weighted by Crippen LogP contribution is 2.57. The summed E-state index contributed by atoms with van der Waals surface area (Å²) < 4.78 is 36.8. The van der Waals surface area contributed by atoms with E-state index in [0.717, 1.165) is 25.7 Å². The number of nitrogens with zero attached hydrogens (tertiary/aromatic N) is 5. The molecule has 18 nitrogen and oxygen atoms in total. The molecule has 1 aliphatic rings. The molecule has 38 heavy (non-hydrogen) atoms. The lowest BCUT2D eigenvalue weighted by Gasteiger charge is -2.27. The smallest absolute Gasteiger partial charge is 0.387 e. The Bertz CT molecular complexity index is 1120. The van der Waals surface area contributed by atoms with Crippen molar-refractivity contribution in [2.24, 2.45) is 0 Å². The quantitative estimate of drug-likeness (QED) is 0.116. The van der Waals surface area contributed by atoms with Gasteiger partial charge in [0.25, 0.3) is 0 Å². The van der Waals surface area contributed by atoms with Gasteiger partial charge in [-0.15, -0.1) is 0 Å². The van der Waals surface area contributed by atoms with Gasteiger partial charge < -0.3 is 45.6 Å². The van der Waals surface area contributed by atoms with Gasteiger partial charge in [0.2, 0.25) is 0 Å². The number of rotatable bonds is 11. The van der Waals surface area contributed by atoms with Crippen molar-refractivity contribution in [2.45, 2.75) is 70.6 Å². The molecule has 3 heterocycles. The van der Waals surface area contributed by atoms with Gasteiger partial charge in [-0.1, -0.05) is 13.3 Å². The van der Waals surface area contributed by atoms with Gasteiger partial charge in [0, 0.05) is 6.54 Å². The molecule has 0 amide bonds. The van der Waals surface area contributed by atoms with Gasteiger partial charge in [0.1, 0.15) is 42.6 Å². The first-order chi connectivity index (χ1) is 17.6. The van der Waals surface area contributed by atoms with E-state index in [1.54, 1.807) is 18.7 Å². The SMILES string of the molecule is CCCCN(C(C)O)C(C)O.Nc1ncnc2c1ncn2[C@@H]1O[C@H](COP(=O)(O)OP(=O)(O)O)C(O)C1O. The number of aromatic nitrogens is 4. The lowest BCUT2D eigenvalue weighted by Crippen LogP contribution is -2.40. The number of aliphatic hydroxyl groups excluding tert-OH is 4. The van der Waals surface area contributed by atoms with E-state index in [1.807, 2.05) is 0 Å². The van der Waals surface area contributed by atoms with Crippen LogP contribution in [0.25, 0.3) is 11.2 Å². The molecular weight excluding hydrogens is 554 g/mol. The van der Waals surface area contributed by atoms with Crippen molar-refractivity contribution in [1.29, 1.82) is 0 Å². The minimum Gasteiger partial charge on any atom is -0.387 e. The fraction of sp³-hybridized carbons (Fsp3) is 0.722. The number of phosphoric acid groups is 2. The summed E-state index contributed by atoms with van der Waals surface area (Å²) in [5.41, 5.74) is 6.11. The number of nitrogen functional groups attached to an aromatic ring is 1. The highest BCUT2D eigenvalue weighted by atomic mass is 31.3. The van der Waals surface area contributed by atoms with Crippen LogP contribution in [-0.4, -0.2) is 103 Å². The highest BCUT2D eigenvalue weighted by Gasteiger charge is 2.46. The van der Waals surface area contributed by atoms with E-state index in [1.165, 1.54) is 10.9 Å². The maximum Gasteiger partial charge on any atom is 0.481 e. The predicted octanol–water partition coefficient (Wildman–Crippen LogP) is -0.981. The second-order valence-corrected chi connectivity index (χ2v) is 11.2. The predicted molar refractivity (Wildman–Crippen MR) is 130 cm³/mol. The molecule has 2 aromatic heterocycles. The molecule has 1 fully saturated rings. The molecule has 5 unspecified atom stereocenters. The van der Waals surface area contributed by atoms with E-state index < -0.39 is 59.2 Å². The molecule has 0 spiro atoms. The summed E-state index contributed by atoms with van der Waals surface area (Å²) in [6, 6.07) is 0. The summed E-state index contributed by atoms with van der Waals surface area (Å²) in [5.74, 6) is 0.0856. The fourth-order valence-electron chi connectivity index (χ4n) is 3.51. The van der Waals surface area contributed by atoms with Crippen LogP contribution in [0.5, 0.6) is 0 Å². The fourth-order valence-corrected chi connectivity index (χ4v) is 5.10. The van der Waals surface area contributed by atoms with E-state index in [2.05, 4.69) is 30.7 Å². The highest BCUT2D eigenvalue weighted by molar-refractivity contribution is 7.60. The maximum atomic E-state index is 11.5. The monoisotopic (exact) mass is 588 g/mol. The van der Waals surface area contributed by atoms with Gasteiger partial charge in [-0.2, -0.15) is 4.31 Å². The minimum atomic E-state index is -5.29.